The molecule has 0 heterocycles. The minimum atomic E-state index is 0.428. The highest BCUT2D eigenvalue weighted by Gasteiger charge is 2.25. The van der Waals surface area contributed by atoms with Gasteiger partial charge in [-0.05, 0) is 19.8 Å². The van der Waals surface area contributed by atoms with Crippen molar-refractivity contribution in [3.05, 3.63) is 12.7 Å². The van der Waals surface area contributed by atoms with E-state index >= 15 is 0 Å². The molecule has 0 bridgehead atoms. The van der Waals surface area contributed by atoms with Gasteiger partial charge in [-0.15, -0.1) is 6.58 Å². The Bertz CT molecular complexity index is 116. The second-order valence-corrected chi connectivity index (χ2v) is 3.12. The molecule has 1 unspecified atom stereocenters. The summed E-state index contributed by atoms with van der Waals surface area (Å²) in [6, 6.07) is 1.51. The van der Waals surface area contributed by atoms with Crippen LogP contribution in [0, 0.1) is 0 Å². The third kappa shape index (κ3) is 1.82. The summed E-state index contributed by atoms with van der Waals surface area (Å²) in [7, 11) is 0. The van der Waals surface area contributed by atoms with E-state index in [9.17, 15) is 0 Å². The van der Waals surface area contributed by atoms with Crippen molar-refractivity contribution in [2.24, 2.45) is 5.73 Å². The summed E-state index contributed by atoms with van der Waals surface area (Å²) >= 11 is 0. The van der Waals surface area contributed by atoms with Crippen LogP contribution in [0.3, 0.4) is 0 Å². The number of nitrogens with two attached hydrogens (primary N) is 1. The highest BCUT2D eigenvalue weighted by Crippen LogP contribution is 2.17. The highest BCUT2D eigenvalue weighted by atomic mass is 15.0. The van der Waals surface area contributed by atoms with E-state index in [-0.39, 0.29) is 0 Å². The molecular weight excluding hydrogens is 124 g/mol. The van der Waals surface area contributed by atoms with E-state index < -0.39 is 0 Å². The van der Waals surface area contributed by atoms with Crippen molar-refractivity contribution in [3.63, 3.8) is 0 Å². The van der Waals surface area contributed by atoms with E-state index in [1.807, 2.05) is 6.08 Å². The predicted octanol–water partition coefficient (Wildman–Crippen LogP) is 0.640. The molecule has 0 radical (unpaired) electrons. The number of nitrogens with one attached hydrogen (secondary N) is 1. The van der Waals surface area contributed by atoms with Gasteiger partial charge in [0.1, 0.15) is 0 Å². The fourth-order valence-corrected chi connectivity index (χ4v) is 1.24. The molecule has 0 aliphatic heterocycles. The SMILES string of the molecule is C=CC(C)NC1CC(N)C1. The number of rotatable bonds is 3. The molecule has 0 amide bonds. The van der Waals surface area contributed by atoms with Crippen molar-refractivity contribution in [2.45, 2.75) is 37.9 Å². The zero-order chi connectivity index (χ0) is 7.56. The average molecular weight is 140 g/mol. The van der Waals surface area contributed by atoms with E-state index in [0.29, 0.717) is 18.1 Å². The normalized spacial score (nSPS) is 34.6. The molecule has 0 aromatic heterocycles. The van der Waals surface area contributed by atoms with E-state index in [1.54, 1.807) is 0 Å². The van der Waals surface area contributed by atoms with Crippen LogP contribution in [-0.2, 0) is 0 Å². The van der Waals surface area contributed by atoms with Crippen molar-refractivity contribution in [2.75, 3.05) is 0 Å². The summed E-state index contributed by atoms with van der Waals surface area (Å²) in [6.07, 6.45) is 4.17. The zero-order valence-electron chi connectivity index (χ0n) is 6.51. The topological polar surface area (TPSA) is 38.0 Å². The predicted molar refractivity (Wildman–Crippen MR) is 43.8 cm³/mol. The monoisotopic (exact) mass is 140 g/mol. The van der Waals surface area contributed by atoms with Crippen molar-refractivity contribution in [1.29, 1.82) is 0 Å². The smallest absolute Gasteiger partial charge is 0.0221 e. The van der Waals surface area contributed by atoms with Crippen LogP contribution in [0.15, 0.2) is 12.7 Å². The van der Waals surface area contributed by atoms with Crippen molar-refractivity contribution in [1.82, 2.24) is 5.32 Å². The maximum atomic E-state index is 5.62. The molecule has 1 rings (SSSR count). The number of hydrogen-bond donors (Lipinski definition) is 2. The lowest BCUT2D eigenvalue weighted by molar-refractivity contribution is 0.283. The van der Waals surface area contributed by atoms with Crippen molar-refractivity contribution < 1.29 is 0 Å². The maximum Gasteiger partial charge on any atom is 0.0221 e. The van der Waals surface area contributed by atoms with Gasteiger partial charge in [-0.25, -0.2) is 0 Å². The Morgan fingerprint density at radius 2 is 2.30 bits per heavy atom. The Kier molecular flexibility index (Phi) is 2.46. The Hall–Kier alpha value is -0.340. The van der Waals surface area contributed by atoms with Crippen LogP contribution >= 0.6 is 0 Å². The first kappa shape index (κ1) is 7.76. The van der Waals surface area contributed by atoms with Gasteiger partial charge in [-0.2, -0.15) is 0 Å². The largest absolute Gasteiger partial charge is 0.328 e. The fourth-order valence-electron chi connectivity index (χ4n) is 1.24. The highest BCUT2D eigenvalue weighted by molar-refractivity contribution is 4.92. The summed E-state index contributed by atoms with van der Waals surface area (Å²) in [5, 5.41) is 3.40. The molecule has 1 fully saturated rings. The third-order valence-electron chi connectivity index (χ3n) is 2.03. The molecule has 2 nitrogen and oxygen atoms in total. The summed E-state index contributed by atoms with van der Waals surface area (Å²) in [5.41, 5.74) is 5.62. The van der Waals surface area contributed by atoms with Gasteiger partial charge in [0.25, 0.3) is 0 Å². The first-order valence-corrected chi connectivity index (χ1v) is 3.86. The molecular formula is C8H16N2. The van der Waals surface area contributed by atoms with Crippen LogP contribution in [-0.4, -0.2) is 18.1 Å². The van der Waals surface area contributed by atoms with Gasteiger partial charge in [0.05, 0.1) is 0 Å². The second kappa shape index (κ2) is 3.17. The minimum Gasteiger partial charge on any atom is -0.328 e. The van der Waals surface area contributed by atoms with Gasteiger partial charge in [0.2, 0.25) is 0 Å². The lowest BCUT2D eigenvalue weighted by Gasteiger charge is -2.34. The van der Waals surface area contributed by atoms with Gasteiger partial charge >= 0.3 is 0 Å². The van der Waals surface area contributed by atoms with E-state index in [1.165, 1.54) is 0 Å². The van der Waals surface area contributed by atoms with Crippen LogP contribution in [0.2, 0.25) is 0 Å². The first-order valence-electron chi connectivity index (χ1n) is 3.86. The average Bonchev–Trinajstić information content (AvgIpc) is 1.84. The van der Waals surface area contributed by atoms with Crippen molar-refractivity contribution in [3.8, 4) is 0 Å². The summed E-state index contributed by atoms with van der Waals surface area (Å²) in [5.74, 6) is 0. The number of hydrogen-bond acceptors (Lipinski definition) is 2. The van der Waals surface area contributed by atoms with Gasteiger partial charge in [0.15, 0.2) is 0 Å². The van der Waals surface area contributed by atoms with Crippen LogP contribution in [0.1, 0.15) is 19.8 Å². The van der Waals surface area contributed by atoms with Crippen LogP contribution in [0.4, 0.5) is 0 Å². The molecule has 1 atom stereocenters. The Morgan fingerprint density at radius 3 is 2.70 bits per heavy atom. The van der Waals surface area contributed by atoms with E-state index in [2.05, 4.69) is 18.8 Å². The molecule has 0 aromatic carbocycles. The van der Waals surface area contributed by atoms with Crippen LogP contribution in [0.5, 0.6) is 0 Å². The Labute approximate surface area is 62.5 Å². The van der Waals surface area contributed by atoms with Crippen LogP contribution in [0.25, 0.3) is 0 Å². The zero-order valence-corrected chi connectivity index (χ0v) is 6.51. The quantitative estimate of drug-likeness (QED) is 0.565. The molecule has 1 saturated carbocycles. The van der Waals surface area contributed by atoms with Crippen molar-refractivity contribution >= 4 is 0 Å². The van der Waals surface area contributed by atoms with Gasteiger partial charge in [-0.1, -0.05) is 6.08 Å². The lowest BCUT2D eigenvalue weighted by atomic mass is 9.87. The molecule has 10 heavy (non-hydrogen) atoms. The minimum absolute atomic E-state index is 0.428. The van der Waals surface area contributed by atoms with Gasteiger partial charge < -0.3 is 11.1 Å². The molecule has 0 spiro atoms. The molecule has 0 aromatic rings. The molecule has 2 heteroatoms. The van der Waals surface area contributed by atoms with E-state index in [0.717, 1.165) is 12.8 Å². The molecule has 58 valence electrons. The first-order chi connectivity index (χ1) is 4.72. The third-order valence-corrected chi connectivity index (χ3v) is 2.03. The molecule has 0 saturated heterocycles. The Balaban J connectivity index is 2.10. The second-order valence-electron chi connectivity index (χ2n) is 3.12. The van der Waals surface area contributed by atoms with E-state index in [4.69, 9.17) is 5.73 Å². The standard InChI is InChI=1S/C8H16N2/c1-3-6(2)10-8-4-7(9)5-8/h3,6-8,10H,1,4-5,9H2,2H3. The van der Waals surface area contributed by atoms with Gasteiger partial charge in [-0.3, -0.25) is 0 Å². The summed E-state index contributed by atoms with van der Waals surface area (Å²) in [6.45, 7) is 5.81. The van der Waals surface area contributed by atoms with Crippen LogP contribution < -0.4 is 11.1 Å². The van der Waals surface area contributed by atoms with Gasteiger partial charge in [0, 0.05) is 18.1 Å². The fraction of sp³-hybridized carbons (Fsp3) is 0.750. The Morgan fingerprint density at radius 1 is 1.70 bits per heavy atom. The summed E-state index contributed by atoms with van der Waals surface area (Å²) < 4.78 is 0. The maximum absolute atomic E-state index is 5.62. The summed E-state index contributed by atoms with van der Waals surface area (Å²) in [4.78, 5) is 0. The lowest BCUT2D eigenvalue weighted by Crippen LogP contribution is -2.50. The molecule has 1 aliphatic carbocycles. The molecule has 1 aliphatic rings. The molecule has 3 N–H and O–H groups in total.